The van der Waals surface area contributed by atoms with Gasteiger partial charge in [0.25, 0.3) is 0 Å². The van der Waals surface area contributed by atoms with Crippen LogP contribution >= 0.6 is 0 Å². The second-order valence-electron chi connectivity index (χ2n) is 1.80. The highest BCUT2D eigenvalue weighted by molar-refractivity contribution is 4.72. The standard InChI is InChI=1S/C6H12N2O2/c1-3-7(4-2)5-6-8(9)10/h5-6H,3-4H2,1-2H3/b6-5+. The van der Waals surface area contributed by atoms with E-state index < -0.39 is 4.92 Å². The predicted octanol–water partition coefficient (Wildman–Crippen LogP) is 1.08. The fourth-order valence-electron chi connectivity index (χ4n) is 0.583. The van der Waals surface area contributed by atoms with Crippen molar-refractivity contribution >= 4 is 0 Å². The molecule has 0 saturated heterocycles. The van der Waals surface area contributed by atoms with Gasteiger partial charge in [-0.1, -0.05) is 0 Å². The Balaban J connectivity index is 3.72. The van der Waals surface area contributed by atoms with Gasteiger partial charge in [0, 0.05) is 13.1 Å². The Hall–Kier alpha value is -1.06. The van der Waals surface area contributed by atoms with Gasteiger partial charge < -0.3 is 4.90 Å². The summed E-state index contributed by atoms with van der Waals surface area (Å²) in [5, 5.41) is 9.83. The van der Waals surface area contributed by atoms with Crippen LogP contribution in [0.25, 0.3) is 0 Å². The van der Waals surface area contributed by atoms with Gasteiger partial charge in [-0.2, -0.15) is 0 Å². The molecule has 0 fully saturated rings. The minimum Gasteiger partial charge on any atom is -0.373 e. The van der Waals surface area contributed by atoms with Crippen molar-refractivity contribution < 1.29 is 4.92 Å². The Kier molecular flexibility index (Phi) is 4.28. The maximum Gasteiger partial charge on any atom is 0.250 e. The zero-order chi connectivity index (χ0) is 7.98. The van der Waals surface area contributed by atoms with Crippen LogP contribution in [-0.4, -0.2) is 22.9 Å². The molecule has 0 aromatic rings. The van der Waals surface area contributed by atoms with E-state index in [1.165, 1.54) is 6.20 Å². The van der Waals surface area contributed by atoms with Gasteiger partial charge in [0.15, 0.2) is 0 Å². The lowest BCUT2D eigenvalue weighted by Gasteiger charge is -2.12. The van der Waals surface area contributed by atoms with Gasteiger partial charge in [-0.05, 0) is 13.8 Å². The van der Waals surface area contributed by atoms with Crippen molar-refractivity contribution in [2.75, 3.05) is 13.1 Å². The van der Waals surface area contributed by atoms with E-state index in [4.69, 9.17) is 0 Å². The van der Waals surface area contributed by atoms with Crippen LogP contribution in [0.4, 0.5) is 0 Å². The Bertz CT molecular complexity index is 130. The fraction of sp³-hybridized carbons (Fsp3) is 0.667. The SMILES string of the molecule is CCN(/C=C/[N+](=O)[O-])CC. The summed E-state index contributed by atoms with van der Waals surface area (Å²) in [4.78, 5) is 11.2. The Labute approximate surface area is 60.3 Å². The van der Waals surface area contributed by atoms with E-state index in [2.05, 4.69) is 0 Å². The highest BCUT2D eigenvalue weighted by atomic mass is 16.6. The molecule has 0 amide bonds. The van der Waals surface area contributed by atoms with Crippen LogP contribution in [0.1, 0.15) is 13.8 Å². The van der Waals surface area contributed by atoms with Crippen molar-refractivity contribution in [1.82, 2.24) is 4.90 Å². The zero-order valence-corrected chi connectivity index (χ0v) is 6.28. The Morgan fingerprint density at radius 2 is 2.00 bits per heavy atom. The lowest BCUT2D eigenvalue weighted by Crippen LogP contribution is -2.15. The van der Waals surface area contributed by atoms with Crippen LogP contribution in [0.15, 0.2) is 12.4 Å². The topological polar surface area (TPSA) is 46.4 Å². The quantitative estimate of drug-likeness (QED) is 0.438. The molecule has 4 heteroatoms. The third kappa shape index (κ3) is 3.88. The second-order valence-corrected chi connectivity index (χ2v) is 1.80. The highest BCUT2D eigenvalue weighted by Gasteiger charge is 1.91. The molecule has 10 heavy (non-hydrogen) atoms. The number of nitrogens with zero attached hydrogens (tertiary/aromatic N) is 2. The molecule has 0 rings (SSSR count). The summed E-state index contributed by atoms with van der Waals surface area (Å²) >= 11 is 0. The Morgan fingerprint density at radius 3 is 2.30 bits per heavy atom. The van der Waals surface area contributed by atoms with E-state index in [-0.39, 0.29) is 0 Å². The van der Waals surface area contributed by atoms with Crippen LogP contribution in [0.2, 0.25) is 0 Å². The third-order valence-electron chi connectivity index (χ3n) is 1.21. The van der Waals surface area contributed by atoms with E-state index >= 15 is 0 Å². The van der Waals surface area contributed by atoms with Crippen molar-refractivity contribution in [2.24, 2.45) is 0 Å². The van der Waals surface area contributed by atoms with Crippen LogP contribution in [0, 0.1) is 10.1 Å². The summed E-state index contributed by atoms with van der Waals surface area (Å²) in [5.41, 5.74) is 0. The maximum atomic E-state index is 9.83. The van der Waals surface area contributed by atoms with Crippen LogP contribution in [0.5, 0.6) is 0 Å². The minimum atomic E-state index is -0.460. The first-order valence-electron chi connectivity index (χ1n) is 3.26. The summed E-state index contributed by atoms with van der Waals surface area (Å²) in [6.45, 7) is 5.52. The normalized spacial score (nSPS) is 10.2. The molecule has 0 atom stereocenters. The van der Waals surface area contributed by atoms with Crippen LogP contribution < -0.4 is 0 Å². The van der Waals surface area contributed by atoms with Crippen LogP contribution in [0.3, 0.4) is 0 Å². The molecule has 0 heterocycles. The molecule has 0 aromatic heterocycles. The fourth-order valence-corrected chi connectivity index (χ4v) is 0.583. The van der Waals surface area contributed by atoms with Crippen molar-refractivity contribution in [2.45, 2.75) is 13.8 Å². The first-order chi connectivity index (χ1) is 4.70. The molecular weight excluding hydrogens is 132 g/mol. The average Bonchev–Trinajstić information content (AvgIpc) is 1.90. The molecule has 0 spiro atoms. The number of hydrogen-bond donors (Lipinski definition) is 0. The van der Waals surface area contributed by atoms with Crippen molar-refractivity contribution in [1.29, 1.82) is 0 Å². The monoisotopic (exact) mass is 144 g/mol. The molecule has 0 aliphatic carbocycles. The summed E-state index contributed by atoms with van der Waals surface area (Å²) in [5.74, 6) is 0. The van der Waals surface area contributed by atoms with Crippen LogP contribution in [-0.2, 0) is 0 Å². The number of rotatable bonds is 4. The predicted molar refractivity (Wildman–Crippen MR) is 39.1 cm³/mol. The maximum absolute atomic E-state index is 9.83. The molecule has 0 N–H and O–H groups in total. The van der Waals surface area contributed by atoms with Gasteiger partial charge >= 0.3 is 0 Å². The number of hydrogen-bond acceptors (Lipinski definition) is 3. The van der Waals surface area contributed by atoms with Gasteiger partial charge in [-0.15, -0.1) is 0 Å². The van der Waals surface area contributed by atoms with Crippen molar-refractivity contribution in [3.05, 3.63) is 22.5 Å². The molecule has 0 saturated carbocycles. The molecule has 58 valence electrons. The van der Waals surface area contributed by atoms with E-state index in [1.54, 1.807) is 0 Å². The van der Waals surface area contributed by atoms with Gasteiger partial charge in [-0.3, -0.25) is 10.1 Å². The Morgan fingerprint density at radius 1 is 1.50 bits per heavy atom. The highest BCUT2D eigenvalue weighted by Crippen LogP contribution is 1.87. The lowest BCUT2D eigenvalue weighted by atomic mass is 10.5. The van der Waals surface area contributed by atoms with E-state index in [0.29, 0.717) is 0 Å². The number of nitro groups is 1. The smallest absolute Gasteiger partial charge is 0.250 e. The molecule has 4 nitrogen and oxygen atoms in total. The summed E-state index contributed by atoms with van der Waals surface area (Å²) in [6, 6.07) is 0. The van der Waals surface area contributed by atoms with E-state index in [9.17, 15) is 10.1 Å². The average molecular weight is 144 g/mol. The summed E-state index contributed by atoms with van der Waals surface area (Å²) < 4.78 is 0. The molecular formula is C6H12N2O2. The first-order valence-corrected chi connectivity index (χ1v) is 3.26. The first kappa shape index (κ1) is 8.94. The molecule has 0 aliphatic heterocycles. The lowest BCUT2D eigenvalue weighted by molar-refractivity contribution is -0.403. The van der Waals surface area contributed by atoms with Gasteiger partial charge in [0.05, 0.1) is 11.1 Å². The molecule has 0 aromatic carbocycles. The van der Waals surface area contributed by atoms with Gasteiger partial charge in [0.1, 0.15) is 0 Å². The molecule has 0 bridgehead atoms. The zero-order valence-electron chi connectivity index (χ0n) is 6.28. The second kappa shape index (κ2) is 4.78. The molecule has 0 aliphatic rings. The molecule has 0 radical (unpaired) electrons. The summed E-state index contributed by atoms with van der Waals surface area (Å²) in [6.07, 6.45) is 2.44. The van der Waals surface area contributed by atoms with E-state index in [1.807, 2.05) is 18.7 Å². The van der Waals surface area contributed by atoms with Gasteiger partial charge in [0.2, 0.25) is 6.20 Å². The van der Waals surface area contributed by atoms with Gasteiger partial charge in [-0.25, -0.2) is 0 Å². The largest absolute Gasteiger partial charge is 0.373 e. The van der Waals surface area contributed by atoms with E-state index in [0.717, 1.165) is 19.3 Å². The van der Waals surface area contributed by atoms with Crippen molar-refractivity contribution in [3.63, 3.8) is 0 Å². The minimum absolute atomic E-state index is 0.460. The molecule has 0 unspecified atom stereocenters. The summed E-state index contributed by atoms with van der Waals surface area (Å²) in [7, 11) is 0. The third-order valence-corrected chi connectivity index (χ3v) is 1.21. The van der Waals surface area contributed by atoms with Crippen molar-refractivity contribution in [3.8, 4) is 0 Å².